The molecule has 0 bridgehead atoms. The smallest absolute Gasteiger partial charge is 0.0952 e. The minimum atomic E-state index is 0.0784. The van der Waals surface area contributed by atoms with E-state index in [1.807, 2.05) is 24.3 Å². The van der Waals surface area contributed by atoms with Crippen LogP contribution >= 0.6 is 11.6 Å². The predicted molar refractivity (Wildman–Crippen MR) is 73.6 cm³/mol. The lowest BCUT2D eigenvalue weighted by Gasteiger charge is -2.22. The first-order valence-electron chi connectivity index (χ1n) is 6.13. The number of rotatable bonds is 6. The molecule has 96 valence electrons. The molecule has 0 aliphatic heterocycles. The van der Waals surface area contributed by atoms with Crippen molar-refractivity contribution < 1.29 is 4.74 Å². The van der Waals surface area contributed by atoms with Crippen molar-refractivity contribution in [2.75, 3.05) is 6.54 Å². The van der Waals surface area contributed by atoms with Gasteiger partial charge in [-0.1, -0.05) is 37.6 Å². The molecule has 1 atom stereocenters. The van der Waals surface area contributed by atoms with Crippen LogP contribution in [0.2, 0.25) is 5.02 Å². The van der Waals surface area contributed by atoms with Crippen molar-refractivity contribution in [3.05, 3.63) is 34.9 Å². The highest BCUT2D eigenvalue weighted by Crippen LogP contribution is 2.20. The van der Waals surface area contributed by atoms with E-state index in [9.17, 15) is 0 Å². The molecule has 0 saturated heterocycles. The number of nitrogens with one attached hydrogen (secondary N) is 1. The number of benzene rings is 1. The molecule has 1 N–H and O–H groups in total. The molecule has 2 nitrogen and oxygen atoms in total. The second-order valence-electron chi connectivity index (χ2n) is 4.79. The molecule has 0 amide bonds. The maximum atomic E-state index is 5.92. The lowest BCUT2D eigenvalue weighted by molar-refractivity contribution is 0.00618. The molecular formula is C14H22ClNO. The molecule has 0 heterocycles. The van der Waals surface area contributed by atoms with Gasteiger partial charge in [-0.15, -0.1) is 0 Å². The minimum Gasteiger partial charge on any atom is -0.370 e. The number of hydrogen-bond donors (Lipinski definition) is 1. The van der Waals surface area contributed by atoms with Gasteiger partial charge in [0.2, 0.25) is 0 Å². The van der Waals surface area contributed by atoms with E-state index in [4.69, 9.17) is 16.3 Å². The summed E-state index contributed by atoms with van der Waals surface area (Å²) in [6.07, 6.45) is 0.291. The molecule has 0 fully saturated rings. The molecule has 0 spiro atoms. The number of halogens is 1. The fourth-order valence-electron chi connectivity index (χ4n) is 1.59. The summed E-state index contributed by atoms with van der Waals surface area (Å²) < 4.78 is 5.92. The first kappa shape index (κ1) is 14.5. The zero-order valence-electron chi connectivity index (χ0n) is 11.0. The lowest BCUT2D eigenvalue weighted by atomic mass is 10.1. The molecule has 1 aromatic rings. The second kappa shape index (κ2) is 7.00. The van der Waals surface area contributed by atoms with E-state index in [-0.39, 0.29) is 12.2 Å². The third-order valence-corrected chi connectivity index (χ3v) is 2.64. The Hall–Kier alpha value is -0.570. The van der Waals surface area contributed by atoms with Gasteiger partial charge in [0.25, 0.3) is 0 Å². The van der Waals surface area contributed by atoms with Crippen LogP contribution in [0.15, 0.2) is 24.3 Å². The summed E-state index contributed by atoms with van der Waals surface area (Å²) in [5.74, 6) is 0. The summed E-state index contributed by atoms with van der Waals surface area (Å²) in [5, 5.41) is 4.16. The van der Waals surface area contributed by atoms with Crippen molar-refractivity contribution in [3.63, 3.8) is 0 Å². The van der Waals surface area contributed by atoms with Crippen molar-refractivity contribution >= 4 is 11.6 Å². The van der Waals surface area contributed by atoms with Gasteiger partial charge in [0, 0.05) is 17.6 Å². The van der Waals surface area contributed by atoms with Crippen molar-refractivity contribution in [2.45, 2.75) is 45.9 Å². The average Bonchev–Trinajstić information content (AvgIpc) is 2.25. The quantitative estimate of drug-likeness (QED) is 0.835. The van der Waals surface area contributed by atoms with Gasteiger partial charge in [-0.3, -0.25) is 0 Å². The third kappa shape index (κ3) is 5.53. The molecule has 0 aromatic heterocycles. The van der Waals surface area contributed by atoms with Gasteiger partial charge in [-0.05, 0) is 31.5 Å². The molecule has 0 aliphatic carbocycles. The van der Waals surface area contributed by atoms with E-state index < -0.39 is 0 Å². The maximum absolute atomic E-state index is 5.92. The normalized spacial score (nSPS) is 13.4. The summed E-state index contributed by atoms with van der Waals surface area (Å²) >= 11 is 5.89. The highest BCUT2D eigenvalue weighted by atomic mass is 35.5. The van der Waals surface area contributed by atoms with E-state index >= 15 is 0 Å². The Kier molecular flexibility index (Phi) is 5.96. The molecule has 1 rings (SSSR count). The van der Waals surface area contributed by atoms with E-state index in [0.29, 0.717) is 6.04 Å². The minimum absolute atomic E-state index is 0.0784. The molecule has 0 radical (unpaired) electrons. The molecule has 1 unspecified atom stereocenters. The topological polar surface area (TPSA) is 21.3 Å². The van der Waals surface area contributed by atoms with E-state index in [2.05, 4.69) is 33.0 Å². The Morgan fingerprint density at radius 2 is 1.71 bits per heavy atom. The van der Waals surface area contributed by atoms with E-state index in [1.165, 1.54) is 0 Å². The first-order valence-corrected chi connectivity index (χ1v) is 6.51. The Morgan fingerprint density at radius 3 is 2.18 bits per heavy atom. The van der Waals surface area contributed by atoms with Crippen molar-refractivity contribution in [3.8, 4) is 0 Å². The fraction of sp³-hybridized carbons (Fsp3) is 0.571. The van der Waals surface area contributed by atoms with Crippen LogP contribution in [-0.2, 0) is 4.74 Å². The summed E-state index contributed by atoms with van der Waals surface area (Å²) in [6, 6.07) is 8.32. The zero-order valence-corrected chi connectivity index (χ0v) is 11.8. The van der Waals surface area contributed by atoms with Gasteiger partial charge >= 0.3 is 0 Å². The fourth-order valence-corrected chi connectivity index (χ4v) is 1.72. The third-order valence-electron chi connectivity index (χ3n) is 2.39. The monoisotopic (exact) mass is 255 g/mol. The van der Waals surface area contributed by atoms with Crippen LogP contribution in [-0.4, -0.2) is 18.7 Å². The first-order chi connectivity index (χ1) is 7.99. The second-order valence-corrected chi connectivity index (χ2v) is 5.22. The Morgan fingerprint density at radius 1 is 1.12 bits per heavy atom. The molecular weight excluding hydrogens is 234 g/mol. The average molecular weight is 256 g/mol. The van der Waals surface area contributed by atoms with Gasteiger partial charge in [-0.2, -0.15) is 0 Å². The summed E-state index contributed by atoms with van der Waals surface area (Å²) in [5.41, 5.74) is 1.16. The Labute approximate surface area is 109 Å². The molecule has 3 heteroatoms. The van der Waals surface area contributed by atoms with E-state index in [1.54, 1.807) is 0 Å². The summed E-state index contributed by atoms with van der Waals surface area (Å²) in [6.45, 7) is 9.19. The van der Waals surface area contributed by atoms with Crippen LogP contribution in [0.1, 0.15) is 39.4 Å². The van der Waals surface area contributed by atoms with E-state index in [0.717, 1.165) is 17.1 Å². The van der Waals surface area contributed by atoms with Crippen LogP contribution in [0.25, 0.3) is 0 Å². The molecule has 0 saturated carbocycles. The van der Waals surface area contributed by atoms with Crippen molar-refractivity contribution in [1.29, 1.82) is 0 Å². The van der Waals surface area contributed by atoms with Gasteiger partial charge < -0.3 is 10.1 Å². The Balaban J connectivity index is 2.70. The van der Waals surface area contributed by atoms with Crippen LogP contribution in [0.4, 0.5) is 0 Å². The van der Waals surface area contributed by atoms with Crippen LogP contribution < -0.4 is 5.32 Å². The van der Waals surface area contributed by atoms with Gasteiger partial charge in [0.15, 0.2) is 0 Å². The standard InChI is InChI=1S/C14H22ClNO/c1-10(2)16-9-14(17-11(3)4)12-5-7-13(15)8-6-12/h5-8,10-11,14,16H,9H2,1-4H3. The molecule has 17 heavy (non-hydrogen) atoms. The maximum Gasteiger partial charge on any atom is 0.0952 e. The van der Waals surface area contributed by atoms with Gasteiger partial charge in [-0.25, -0.2) is 0 Å². The van der Waals surface area contributed by atoms with Crippen LogP contribution in [0.3, 0.4) is 0 Å². The highest BCUT2D eigenvalue weighted by Gasteiger charge is 2.14. The number of ether oxygens (including phenoxy) is 1. The molecule has 1 aromatic carbocycles. The molecule has 0 aliphatic rings. The zero-order chi connectivity index (χ0) is 12.8. The van der Waals surface area contributed by atoms with Crippen LogP contribution in [0.5, 0.6) is 0 Å². The van der Waals surface area contributed by atoms with Crippen molar-refractivity contribution in [1.82, 2.24) is 5.32 Å². The summed E-state index contributed by atoms with van der Waals surface area (Å²) in [4.78, 5) is 0. The summed E-state index contributed by atoms with van der Waals surface area (Å²) in [7, 11) is 0. The number of hydrogen-bond acceptors (Lipinski definition) is 2. The van der Waals surface area contributed by atoms with Gasteiger partial charge in [0.05, 0.1) is 12.2 Å². The predicted octanol–water partition coefficient (Wildman–Crippen LogP) is 3.80. The Bertz CT molecular complexity index is 321. The van der Waals surface area contributed by atoms with Crippen molar-refractivity contribution in [2.24, 2.45) is 0 Å². The largest absolute Gasteiger partial charge is 0.370 e. The van der Waals surface area contributed by atoms with Crippen LogP contribution in [0, 0.1) is 0 Å². The lowest BCUT2D eigenvalue weighted by Crippen LogP contribution is -2.30. The van der Waals surface area contributed by atoms with Gasteiger partial charge in [0.1, 0.15) is 0 Å². The highest BCUT2D eigenvalue weighted by molar-refractivity contribution is 6.30. The SMILES string of the molecule is CC(C)NCC(OC(C)C)c1ccc(Cl)cc1.